The first kappa shape index (κ1) is 43.5. The van der Waals surface area contributed by atoms with Crippen LogP contribution in [-0.4, -0.2) is 139 Å². The van der Waals surface area contributed by atoms with Crippen LogP contribution in [0.1, 0.15) is 99.8 Å². The molecule has 55 heavy (non-hydrogen) atoms. The van der Waals surface area contributed by atoms with Crippen LogP contribution >= 0.6 is 0 Å². The average Bonchev–Trinajstić information content (AvgIpc) is 3.51. The smallest absolute Gasteiger partial charge is 0.187 e. The fraction of sp³-hybridized carbons (Fsp3) is 0.905. The van der Waals surface area contributed by atoms with Crippen LogP contribution in [0.4, 0.5) is 0 Å². The second-order valence-electron chi connectivity index (χ2n) is 19.5. The molecule has 0 aromatic carbocycles. The predicted octanol–water partition coefficient (Wildman–Crippen LogP) is 1.93. The van der Waals surface area contributed by atoms with E-state index in [1.54, 1.807) is 0 Å². The molecule has 20 atom stereocenters. The van der Waals surface area contributed by atoms with E-state index < -0.39 is 98.4 Å². The number of fused-ring (bicyclic) bond motifs is 5. The van der Waals surface area contributed by atoms with E-state index in [2.05, 4.69) is 54.2 Å². The number of allylic oxidation sites excluding steroid dienone is 1. The van der Waals surface area contributed by atoms with E-state index in [1.807, 2.05) is 6.92 Å². The van der Waals surface area contributed by atoms with Gasteiger partial charge < -0.3 is 64.9 Å². The molecule has 1 unspecified atom stereocenters. The highest BCUT2D eigenvalue weighted by Crippen LogP contribution is 2.75. The van der Waals surface area contributed by atoms with E-state index >= 15 is 0 Å². The summed E-state index contributed by atoms with van der Waals surface area (Å²) in [5.41, 5.74) is 1.36. The van der Waals surface area contributed by atoms with Gasteiger partial charge in [0.15, 0.2) is 12.6 Å². The molecule has 6 aliphatic rings. The first-order chi connectivity index (χ1) is 25.7. The topological polar surface area (TPSA) is 219 Å². The molecule has 0 amide bonds. The molecule has 9 N–H and O–H groups in total. The minimum Gasteiger partial charge on any atom is -0.394 e. The second-order valence-corrected chi connectivity index (χ2v) is 19.5. The van der Waals surface area contributed by atoms with Crippen molar-refractivity contribution in [2.75, 3.05) is 13.2 Å². The van der Waals surface area contributed by atoms with E-state index in [1.165, 1.54) is 5.57 Å². The summed E-state index contributed by atoms with van der Waals surface area (Å²) in [6, 6.07) is 0. The SMILES string of the molecule is C=C(C)C(O)C/C=C(\C)[C@H]1CC[C@]2(C)[C@@H]1[C@H](O)C[C@@H]1[C@@]3(C)CC[C@H](O[C@@H]4O[C@H](CO)[C@@H](O)[C@H](O)[C@H]4O[C@@H]4O[C@H](CO)[C@@H](O)[C@H](O)[C@H]4O)C(C)(C)[C@@H]3CC[C@]12C. The van der Waals surface area contributed by atoms with Crippen LogP contribution in [0.5, 0.6) is 0 Å². The lowest BCUT2D eigenvalue weighted by molar-refractivity contribution is -0.378. The summed E-state index contributed by atoms with van der Waals surface area (Å²) in [7, 11) is 0. The molecule has 13 heteroatoms. The van der Waals surface area contributed by atoms with E-state index in [0.717, 1.165) is 37.7 Å². The Hall–Kier alpha value is -1.04. The van der Waals surface area contributed by atoms with Crippen molar-refractivity contribution in [2.45, 2.75) is 180 Å². The minimum absolute atomic E-state index is 0.0103. The summed E-state index contributed by atoms with van der Waals surface area (Å²) in [5.74, 6) is 0.841. The molecule has 2 aliphatic heterocycles. The molecule has 2 heterocycles. The van der Waals surface area contributed by atoms with Crippen molar-refractivity contribution in [1.82, 2.24) is 0 Å². The predicted molar refractivity (Wildman–Crippen MR) is 201 cm³/mol. The Labute approximate surface area is 326 Å². The maximum atomic E-state index is 12.1. The van der Waals surface area contributed by atoms with Crippen LogP contribution in [-0.2, 0) is 18.9 Å². The van der Waals surface area contributed by atoms with Gasteiger partial charge in [0.1, 0.15) is 48.8 Å². The number of hydrogen-bond donors (Lipinski definition) is 9. The summed E-state index contributed by atoms with van der Waals surface area (Å²) >= 11 is 0. The van der Waals surface area contributed by atoms with Gasteiger partial charge in [-0.05, 0) is 111 Å². The molecule has 13 nitrogen and oxygen atoms in total. The molecule has 0 bridgehead atoms. The summed E-state index contributed by atoms with van der Waals surface area (Å²) in [5, 5.41) is 95.8. The van der Waals surface area contributed by atoms with Crippen LogP contribution in [0.15, 0.2) is 23.8 Å². The molecule has 6 fully saturated rings. The molecule has 0 aromatic rings. The van der Waals surface area contributed by atoms with Gasteiger partial charge in [-0.1, -0.05) is 58.4 Å². The second kappa shape index (κ2) is 15.9. The number of hydrogen-bond acceptors (Lipinski definition) is 13. The Morgan fingerprint density at radius 3 is 1.96 bits per heavy atom. The van der Waals surface area contributed by atoms with Crippen molar-refractivity contribution in [3.63, 3.8) is 0 Å². The lowest BCUT2D eigenvalue weighted by Gasteiger charge is -2.70. The van der Waals surface area contributed by atoms with Gasteiger partial charge in [0, 0.05) is 0 Å². The Morgan fingerprint density at radius 2 is 1.35 bits per heavy atom. The normalized spacial score (nSPS) is 51.8. The first-order valence-electron chi connectivity index (χ1n) is 20.6. The highest BCUT2D eigenvalue weighted by Gasteiger charge is 2.70. The van der Waals surface area contributed by atoms with E-state index in [9.17, 15) is 46.0 Å². The van der Waals surface area contributed by atoms with Crippen molar-refractivity contribution >= 4 is 0 Å². The van der Waals surface area contributed by atoms with Gasteiger partial charge in [-0.3, -0.25) is 0 Å². The van der Waals surface area contributed by atoms with Crippen molar-refractivity contribution in [3.05, 3.63) is 23.8 Å². The van der Waals surface area contributed by atoms with Gasteiger partial charge in [0.25, 0.3) is 0 Å². The van der Waals surface area contributed by atoms with E-state index in [0.29, 0.717) is 19.3 Å². The molecule has 0 aromatic heterocycles. The first-order valence-corrected chi connectivity index (χ1v) is 20.6. The molecule has 4 aliphatic carbocycles. The number of aliphatic hydroxyl groups excluding tert-OH is 9. The fourth-order valence-electron chi connectivity index (χ4n) is 12.9. The molecule has 0 spiro atoms. The zero-order valence-corrected chi connectivity index (χ0v) is 33.8. The Morgan fingerprint density at radius 1 is 0.745 bits per heavy atom. The maximum Gasteiger partial charge on any atom is 0.187 e. The third-order valence-electron chi connectivity index (χ3n) is 16.4. The van der Waals surface area contributed by atoms with Gasteiger partial charge in [0.05, 0.1) is 31.5 Å². The van der Waals surface area contributed by atoms with Crippen molar-refractivity contribution in [1.29, 1.82) is 0 Å². The van der Waals surface area contributed by atoms with Gasteiger partial charge in [-0.2, -0.15) is 0 Å². The zero-order chi connectivity index (χ0) is 40.6. The number of ether oxygens (including phenoxy) is 4. The van der Waals surface area contributed by atoms with Crippen molar-refractivity contribution in [3.8, 4) is 0 Å². The van der Waals surface area contributed by atoms with Crippen LogP contribution < -0.4 is 0 Å². The quantitative estimate of drug-likeness (QED) is 0.115. The van der Waals surface area contributed by atoms with Crippen LogP contribution in [0.25, 0.3) is 0 Å². The summed E-state index contributed by atoms with van der Waals surface area (Å²) < 4.78 is 24.3. The highest BCUT2D eigenvalue weighted by atomic mass is 16.8. The minimum atomic E-state index is -1.75. The van der Waals surface area contributed by atoms with Gasteiger partial charge in [-0.25, -0.2) is 0 Å². The standard InChI is InChI=1S/C42H70O13/c1-20(2)23(45)10-9-21(3)22-11-15-42(8)30(22)24(46)17-28-40(6)14-13-29(39(4,5)27(40)12-16-41(28,42)7)54-38-36(34(50)32(48)26(19-44)53-38)55-37-35(51)33(49)31(47)25(18-43)52-37/h9,22-38,43-51H,1,10-19H2,2-8H3/b21-9+/t22-,23?,24-,25-,26-,27+,28-,29+,30+,31-,32-,33+,34+,35-,36-,37+,38+,40+,41-,42-/m1/s1. The van der Waals surface area contributed by atoms with Crippen LogP contribution in [0.3, 0.4) is 0 Å². The van der Waals surface area contributed by atoms with Gasteiger partial charge >= 0.3 is 0 Å². The summed E-state index contributed by atoms with van der Waals surface area (Å²) in [6.07, 6.45) is -7.68. The molecular formula is C42H70O13. The van der Waals surface area contributed by atoms with E-state index in [4.69, 9.17) is 18.9 Å². The third-order valence-corrected chi connectivity index (χ3v) is 16.4. The lowest BCUT2D eigenvalue weighted by Crippen LogP contribution is -2.67. The van der Waals surface area contributed by atoms with Crippen molar-refractivity contribution in [2.24, 2.45) is 45.3 Å². The Bertz CT molecular complexity index is 1400. The monoisotopic (exact) mass is 782 g/mol. The van der Waals surface area contributed by atoms with Gasteiger partial charge in [-0.15, -0.1) is 0 Å². The molecule has 6 rings (SSSR count). The highest BCUT2D eigenvalue weighted by molar-refractivity contribution is 5.23. The summed E-state index contributed by atoms with van der Waals surface area (Å²) in [4.78, 5) is 0. The van der Waals surface area contributed by atoms with Gasteiger partial charge in [0.2, 0.25) is 0 Å². The molecular weight excluding hydrogens is 712 g/mol. The summed E-state index contributed by atoms with van der Waals surface area (Å²) in [6.45, 7) is 18.3. The third kappa shape index (κ3) is 7.12. The molecule has 2 saturated heterocycles. The molecule has 4 saturated carbocycles. The van der Waals surface area contributed by atoms with Crippen LogP contribution in [0, 0.1) is 45.3 Å². The number of rotatable bonds is 10. The molecule has 0 radical (unpaired) electrons. The number of aliphatic hydroxyl groups is 9. The van der Waals surface area contributed by atoms with Crippen LogP contribution in [0.2, 0.25) is 0 Å². The fourth-order valence-corrected chi connectivity index (χ4v) is 12.9. The molecule has 316 valence electrons. The maximum absolute atomic E-state index is 12.1. The lowest BCUT2D eigenvalue weighted by atomic mass is 9.35. The largest absolute Gasteiger partial charge is 0.394 e. The zero-order valence-electron chi connectivity index (χ0n) is 33.8. The average molecular weight is 783 g/mol. The van der Waals surface area contributed by atoms with Crippen molar-refractivity contribution < 1.29 is 64.9 Å². The Balaban J connectivity index is 1.22. The Kier molecular flexibility index (Phi) is 12.6. The van der Waals surface area contributed by atoms with E-state index in [-0.39, 0.29) is 39.9 Å².